The summed E-state index contributed by atoms with van der Waals surface area (Å²) in [4.78, 5) is 16.2. The van der Waals surface area contributed by atoms with Gasteiger partial charge in [-0.3, -0.25) is 0 Å². The second-order valence-corrected chi connectivity index (χ2v) is 7.14. The van der Waals surface area contributed by atoms with Crippen molar-refractivity contribution in [3.63, 3.8) is 0 Å². The molecule has 0 aliphatic heterocycles. The predicted molar refractivity (Wildman–Crippen MR) is 120 cm³/mol. The summed E-state index contributed by atoms with van der Waals surface area (Å²) < 4.78 is 11.0. The lowest BCUT2D eigenvalue weighted by Gasteiger charge is -2.35. The maximum atomic E-state index is 11.9. The Labute approximate surface area is 182 Å². The van der Waals surface area contributed by atoms with Crippen LogP contribution in [0.3, 0.4) is 0 Å². The van der Waals surface area contributed by atoms with E-state index >= 15 is 0 Å². The highest BCUT2D eigenvalue weighted by Gasteiger charge is 2.37. The molecule has 0 unspecified atom stereocenters. The first-order chi connectivity index (χ1) is 15.2. The van der Waals surface area contributed by atoms with E-state index in [0.29, 0.717) is 12.5 Å². The molecule has 0 saturated heterocycles. The van der Waals surface area contributed by atoms with E-state index in [1.54, 1.807) is 18.2 Å². The molecular weight excluding hydrogens is 386 g/mol. The zero-order valence-corrected chi connectivity index (χ0v) is 17.3. The highest BCUT2D eigenvalue weighted by Crippen LogP contribution is 2.39. The molecule has 4 heteroatoms. The van der Waals surface area contributed by atoms with Crippen LogP contribution in [0.1, 0.15) is 27.2 Å². The van der Waals surface area contributed by atoms with Crippen molar-refractivity contribution in [2.24, 2.45) is 0 Å². The highest BCUT2D eigenvalue weighted by molar-refractivity contribution is 5.87. The Morgan fingerprint density at radius 3 is 1.65 bits per heavy atom. The zero-order valence-electron chi connectivity index (χ0n) is 17.3. The Kier molecular flexibility index (Phi) is 6.08. The van der Waals surface area contributed by atoms with Gasteiger partial charge in [0.1, 0.15) is 6.61 Å². The first kappa shape index (κ1) is 20.4. The molecule has 4 aromatic rings. The summed E-state index contributed by atoms with van der Waals surface area (Å²) >= 11 is 0. The van der Waals surface area contributed by atoms with Crippen molar-refractivity contribution in [1.29, 1.82) is 0 Å². The lowest BCUT2D eigenvalue weighted by Crippen LogP contribution is -2.36. The fourth-order valence-corrected chi connectivity index (χ4v) is 3.81. The number of carbonyl (C=O) groups is 1. The maximum absolute atomic E-state index is 11.9. The molecular formula is C27H23NO3. The van der Waals surface area contributed by atoms with Gasteiger partial charge in [0, 0.05) is 6.07 Å². The third-order valence-corrected chi connectivity index (χ3v) is 5.35. The molecule has 154 valence electrons. The van der Waals surface area contributed by atoms with Crippen LogP contribution >= 0.6 is 0 Å². The van der Waals surface area contributed by atoms with Gasteiger partial charge in [0.25, 0.3) is 0 Å². The number of benzene rings is 3. The molecule has 0 amide bonds. The third-order valence-electron chi connectivity index (χ3n) is 5.35. The second-order valence-electron chi connectivity index (χ2n) is 7.14. The lowest BCUT2D eigenvalue weighted by atomic mass is 9.70. The molecule has 0 atom stereocenters. The van der Waals surface area contributed by atoms with E-state index in [2.05, 4.69) is 41.4 Å². The van der Waals surface area contributed by atoms with E-state index < -0.39 is 11.4 Å². The molecule has 0 saturated carbocycles. The molecule has 4 rings (SSSR count). The van der Waals surface area contributed by atoms with Crippen molar-refractivity contribution in [3.05, 3.63) is 132 Å². The molecule has 0 spiro atoms. The van der Waals surface area contributed by atoms with Crippen molar-refractivity contribution in [2.75, 3.05) is 13.7 Å². The second kappa shape index (κ2) is 9.26. The normalized spacial score (nSPS) is 11.0. The van der Waals surface area contributed by atoms with Crippen molar-refractivity contribution in [2.45, 2.75) is 5.41 Å². The van der Waals surface area contributed by atoms with Crippen molar-refractivity contribution >= 4 is 5.97 Å². The number of aromatic nitrogens is 1. The number of rotatable bonds is 7. The molecule has 31 heavy (non-hydrogen) atoms. The van der Waals surface area contributed by atoms with Crippen LogP contribution < -0.4 is 4.74 Å². The smallest absolute Gasteiger partial charge is 0.356 e. The van der Waals surface area contributed by atoms with Gasteiger partial charge in [-0.2, -0.15) is 0 Å². The summed E-state index contributed by atoms with van der Waals surface area (Å²) in [6.07, 6.45) is 0. The largest absolute Gasteiger partial charge is 0.476 e. The van der Waals surface area contributed by atoms with Gasteiger partial charge < -0.3 is 9.47 Å². The minimum atomic E-state index is -0.563. The van der Waals surface area contributed by atoms with Crippen LogP contribution in [0.2, 0.25) is 0 Å². The average Bonchev–Trinajstić information content (AvgIpc) is 2.86. The van der Waals surface area contributed by atoms with Gasteiger partial charge in [-0.1, -0.05) is 97.1 Å². The molecule has 3 aromatic carbocycles. The predicted octanol–water partition coefficient (Wildman–Crippen LogP) is 5.28. The average molecular weight is 409 g/mol. The summed E-state index contributed by atoms with van der Waals surface area (Å²) in [6.45, 7) is 0.308. The molecule has 0 aliphatic carbocycles. The van der Waals surface area contributed by atoms with E-state index in [1.807, 2.05) is 54.6 Å². The molecule has 1 heterocycles. The molecule has 1 aromatic heterocycles. The van der Waals surface area contributed by atoms with Crippen LogP contribution in [0.25, 0.3) is 0 Å². The molecule has 0 aliphatic rings. The Morgan fingerprint density at radius 1 is 0.710 bits per heavy atom. The molecule has 0 bridgehead atoms. The molecule has 4 nitrogen and oxygen atoms in total. The van der Waals surface area contributed by atoms with E-state index in [9.17, 15) is 4.79 Å². The zero-order chi connectivity index (χ0) is 21.5. The van der Waals surface area contributed by atoms with Crippen LogP contribution in [0.4, 0.5) is 0 Å². The first-order valence-electron chi connectivity index (χ1n) is 10.1. The molecule has 0 radical (unpaired) electrons. The Bertz CT molecular complexity index is 1030. The van der Waals surface area contributed by atoms with Crippen LogP contribution in [0.5, 0.6) is 5.88 Å². The Morgan fingerprint density at radius 2 is 1.19 bits per heavy atom. The van der Waals surface area contributed by atoms with E-state index in [0.717, 1.165) is 16.7 Å². The third kappa shape index (κ3) is 4.19. The number of hydrogen-bond acceptors (Lipinski definition) is 4. The van der Waals surface area contributed by atoms with Gasteiger partial charge >= 0.3 is 5.97 Å². The minimum absolute atomic E-state index is 0.213. The summed E-state index contributed by atoms with van der Waals surface area (Å²) in [5.41, 5.74) is 2.97. The van der Waals surface area contributed by atoms with Crippen molar-refractivity contribution in [1.82, 2.24) is 4.98 Å². The van der Waals surface area contributed by atoms with Gasteiger partial charge in [0.05, 0.1) is 12.5 Å². The number of pyridine rings is 1. The summed E-state index contributed by atoms with van der Waals surface area (Å²) in [5, 5.41) is 0. The number of esters is 1. The Hall–Kier alpha value is -3.92. The fourth-order valence-electron chi connectivity index (χ4n) is 3.81. The number of nitrogens with zero attached hydrogens (tertiary/aromatic N) is 1. The Balaban J connectivity index is 1.82. The van der Waals surface area contributed by atoms with Gasteiger partial charge in [-0.25, -0.2) is 9.78 Å². The molecule has 0 N–H and O–H groups in total. The van der Waals surface area contributed by atoms with Crippen molar-refractivity contribution in [3.8, 4) is 5.88 Å². The fraction of sp³-hybridized carbons (Fsp3) is 0.111. The summed E-state index contributed by atoms with van der Waals surface area (Å²) in [7, 11) is 1.34. The quantitative estimate of drug-likeness (QED) is 0.308. The highest BCUT2D eigenvalue weighted by atomic mass is 16.5. The maximum Gasteiger partial charge on any atom is 0.356 e. The summed E-state index contributed by atoms with van der Waals surface area (Å²) in [6, 6.07) is 36.0. The van der Waals surface area contributed by atoms with Crippen LogP contribution in [-0.2, 0) is 10.2 Å². The van der Waals surface area contributed by atoms with E-state index in [-0.39, 0.29) is 5.69 Å². The van der Waals surface area contributed by atoms with Gasteiger partial charge in [0.2, 0.25) is 5.88 Å². The van der Waals surface area contributed by atoms with Crippen LogP contribution in [0, 0.1) is 0 Å². The van der Waals surface area contributed by atoms with Gasteiger partial charge in [-0.15, -0.1) is 0 Å². The SMILES string of the molecule is COC(=O)c1cccc(OCC(c2ccccc2)(c2ccccc2)c2ccccc2)n1. The number of carbonyl (C=O) groups excluding carboxylic acids is 1. The minimum Gasteiger partial charge on any atom is -0.476 e. The number of hydrogen-bond donors (Lipinski definition) is 0. The monoisotopic (exact) mass is 409 g/mol. The molecule has 0 fully saturated rings. The lowest BCUT2D eigenvalue weighted by molar-refractivity contribution is 0.0592. The van der Waals surface area contributed by atoms with E-state index in [4.69, 9.17) is 9.47 Å². The van der Waals surface area contributed by atoms with E-state index in [1.165, 1.54) is 7.11 Å². The number of methoxy groups -OCH3 is 1. The van der Waals surface area contributed by atoms with Crippen LogP contribution in [0.15, 0.2) is 109 Å². The van der Waals surface area contributed by atoms with Crippen LogP contribution in [-0.4, -0.2) is 24.7 Å². The number of ether oxygens (including phenoxy) is 2. The van der Waals surface area contributed by atoms with Gasteiger partial charge in [-0.05, 0) is 22.8 Å². The van der Waals surface area contributed by atoms with Crippen molar-refractivity contribution < 1.29 is 14.3 Å². The first-order valence-corrected chi connectivity index (χ1v) is 10.1. The van der Waals surface area contributed by atoms with Gasteiger partial charge in [0.15, 0.2) is 5.69 Å². The topological polar surface area (TPSA) is 48.4 Å². The standard InChI is InChI=1S/C27H23NO3/c1-30-26(29)24-18-11-19-25(28-24)31-20-27(21-12-5-2-6-13-21,22-14-7-3-8-15-22)23-16-9-4-10-17-23/h2-19H,20H2,1H3. The summed E-state index contributed by atoms with van der Waals surface area (Å²) in [5.74, 6) is -0.124.